The van der Waals surface area contributed by atoms with Crippen LogP contribution in [0.15, 0.2) is 47.5 Å². The van der Waals surface area contributed by atoms with Gasteiger partial charge in [-0.05, 0) is 94.4 Å². The minimum absolute atomic E-state index is 0.0122. The van der Waals surface area contributed by atoms with Crippen molar-refractivity contribution in [2.24, 2.45) is 11.8 Å². The number of Topliss-reactive ketones (excluding diaryl/α,β-unsaturated/α-hetero) is 1. The number of hydrogen-bond acceptors (Lipinski definition) is 16. The molecular formula is C58H78FN7O15. The third-order valence-electron chi connectivity index (χ3n) is 15.5. The molecule has 3 aliphatic rings. The van der Waals surface area contributed by atoms with Gasteiger partial charge in [0.15, 0.2) is 0 Å². The third-order valence-corrected chi connectivity index (χ3v) is 15.5. The Balaban J connectivity index is 0.982. The average Bonchev–Trinajstić information content (AvgIpc) is 3.44. The highest BCUT2D eigenvalue weighted by Gasteiger charge is 2.42. The molecule has 8 atom stereocenters. The van der Waals surface area contributed by atoms with Gasteiger partial charge in [-0.25, -0.2) is 9.37 Å². The van der Waals surface area contributed by atoms with Gasteiger partial charge in [-0.2, -0.15) is 0 Å². The lowest BCUT2D eigenvalue weighted by molar-refractivity contribution is -0.137. The summed E-state index contributed by atoms with van der Waals surface area (Å²) in [7, 11) is 0. The van der Waals surface area contributed by atoms with Crippen LogP contribution < -0.4 is 26.8 Å². The summed E-state index contributed by atoms with van der Waals surface area (Å²) in [6.07, 6.45) is -1.47. The Bertz CT molecular complexity index is 2940. The number of carbonyl (C=O) groups is 7. The van der Waals surface area contributed by atoms with Gasteiger partial charge in [0.1, 0.15) is 60.6 Å². The molecule has 3 aromatic rings. The Hall–Kier alpha value is -6.76. The number of amides is 6. The molecule has 23 heteroatoms. The number of aromatic nitrogens is 2. The Morgan fingerprint density at radius 1 is 0.877 bits per heavy atom. The number of nitrogens with one attached hydrogen (secondary N) is 4. The Labute approximate surface area is 469 Å². The topological polar surface area (TPSA) is 325 Å². The van der Waals surface area contributed by atoms with Gasteiger partial charge in [0.2, 0.25) is 23.6 Å². The van der Waals surface area contributed by atoms with Gasteiger partial charge in [0.05, 0.1) is 41.2 Å². The molecule has 0 unspecified atom stereocenters. The summed E-state index contributed by atoms with van der Waals surface area (Å²) in [6, 6.07) is 2.83. The number of carbonyl (C=O) groups excluding carboxylic acids is 7. The first-order valence-corrected chi connectivity index (χ1v) is 27.9. The van der Waals surface area contributed by atoms with E-state index in [-0.39, 0.29) is 88.7 Å². The first kappa shape index (κ1) is 63.4. The zero-order chi connectivity index (χ0) is 59.5. The van der Waals surface area contributed by atoms with E-state index in [2.05, 4.69) is 27.8 Å². The number of pyridine rings is 2. The van der Waals surface area contributed by atoms with Crippen LogP contribution in [0.25, 0.3) is 22.3 Å². The van der Waals surface area contributed by atoms with Crippen LogP contribution in [0.4, 0.5) is 4.39 Å². The summed E-state index contributed by atoms with van der Waals surface area (Å²) in [5.41, 5.74) is 2.46. The van der Waals surface area contributed by atoms with E-state index in [1.165, 1.54) is 25.1 Å². The number of halogens is 1. The predicted octanol–water partition coefficient (Wildman–Crippen LogP) is 2.38. The van der Waals surface area contributed by atoms with E-state index in [1.807, 2.05) is 6.07 Å². The molecular weight excluding hydrogens is 1050 g/mol. The number of unbranched alkanes of at least 4 members (excludes halogenated alkanes) is 3. The highest BCUT2D eigenvalue weighted by molar-refractivity contribution is 6.12. The highest BCUT2D eigenvalue weighted by atomic mass is 19.1. The number of rotatable bonds is 31. The van der Waals surface area contributed by atoms with Gasteiger partial charge in [0, 0.05) is 79.6 Å². The van der Waals surface area contributed by atoms with E-state index in [4.69, 9.17) is 14.5 Å². The van der Waals surface area contributed by atoms with Crippen molar-refractivity contribution in [1.82, 2.24) is 35.7 Å². The molecule has 6 rings (SSSR count). The predicted molar refractivity (Wildman–Crippen MR) is 294 cm³/mol. The molecule has 22 nitrogen and oxygen atoms in total. The van der Waals surface area contributed by atoms with Gasteiger partial charge in [-0.3, -0.25) is 43.3 Å². The van der Waals surface area contributed by atoms with Crippen LogP contribution in [0.3, 0.4) is 0 Å². The van der Waals surface area contributed by atoms with E-state index >= 15 is 4.39 Å². The maximum Gasteiger partial charge on any atom is 0.258 e. The number of imide groups is 1. The minimum Gasteiger partial charge on any atom is -0.490 e. The smallest absolute Gasteiger partial charge is 0.258 e. The molecule has 0 spiro atoms. The van der Waals surface area contributed by atoms with E-state index in [0.717, 1.165) is 21.4 Å². The van der Waals surface area contributed by atoms with Crippen LogP contribution in [0, 0.1) is 24.6 Å². The molecule has 0 radical (unpaired) electrons. The summed E-state index contributed by atoms with van der Waals surface area (Å²) in [5, 5.41) is 63.0. The molecule has 0 saturated carbocycles. The lowest BCUT2D eigenvalue weighted by atomic mass is 9.84. The standard InChI is InChI=1S/C58H78FN7O15/c1-8-45(68)52(73)53(74)46(69)27-60-47(70)18-17-35(23-37(67)15-11-10-13-21-65-48(71)19-20-49(65)72)55(76)64-50(31(3)4)56(77)62-33(6)54(75)61-30-80-22-14-12-16-38-32(5)42(59)26-43-39(38)24-36-28-66-44(51(36)63-43)25-41-40(57(66)78)29-81-34(7)58(41,79)9-2/h19-20,24-26,31,33,35,45-46,50,52-53,68-69,73-74,79H,7-18,21-23,27-30H2,1-6H3,(H,60,70)(H,61,75)(H,62,77)(H,64,76)/t33-,35+,45+,46-,50-,52+,53+,58+/m0/s1. The van der Waals surface area contributed by atoms with Crippen molar-refractivity contribution in [3.63, 3.8) is 0 Å². The summed E-state index contributed by atoms with van der Waals surface area (Å²) < 4.78 is 28.4. The van der Waals surface area contributed by atoms with Crippen molar-refractivity contribution in [2.75, 3.05) is 26.4 Å². The molecule has 6 amide bonds. The van der Waals surface area contributed by atoms with Gasteiger partial charge in [-0.15, -0.1) is 0 Å². The van der Waals surface area contributed by atoms with Crippen LogP contribution >= 0.6 is 0 Å². The van der Waals surface area contributed by atoms with Crippen molar-refractivity contribution < 1.29 is 73.0 Å². The summed E-state index contributed by atoms with van der Waals surface area (Å²) >= 11 is 0. The van der Waals surface area contributed by atoms with E-state index < -0.39 is 102 Å². The quantitative estimate of drug-likeness (QED) is 0.0198. The van der Waals surface area contributed by atoms with E-state index in [9.17, 15) is 63.9 Å². The molecule has 442 valence electrons. The number of ketones is 1. The molecule has 0 aliphatic carbocycles. The zero-order valence-electron chi connectivity index (χ0n) is 47.0. The van der Waals surface area contributed by atoms with Gasteiger partial charge >= 0.3 is 0 Å². The number of aliphatic hydroxyl groups excluding tert-OH is 4. The third kappa shape index (κ3) is 15.2. The molecule has 5 heterocycles. The molecule has 0 bridgehead atoms. The number of fused-ring (bicyclic) bond motifs is 5. The van der Waals surface area contributed by atoms with Crippen LogP contribution in [-0.2, 0) is 68.2 Å². The lowest BCUT2D eigenvalue weighted by Gasteiger charge is -2.35. The molecule has 0 saturated heterocycles. The fraction of sp³-hybridized carbons (Fsp3) is 0.569. The second-order valence-corrected chi connectivity index (χ2v) is 21.6. The highest BCUT2D eigenvalue weighted by Crippen LogP contribution is 2.42. The van der Waals surface area contributed by atoms with Crippen molar-refractivity contribution in [2.45, 2.75) is 174 Å². The fourth-order valence-electron chi connectivity index (χ4n) is 10.3. The lowest BCUT2D eigenvalue weighted by Crippen LogP contribution is -2.55. The van der Waals surface area contributed by atoms with Crippen LogP contribution in [0.5, 0.6) is 0 Å². The SMILES string of the molecule is C=C1OCc2c(cc3n(c2=O)Cc2cc4c(CCCCOCNC(=O)[C@H](C)NC(=O)[C@@H](NC(=O)[C@H](CCC(=O)NC[C@H](O)[C@@H](O)[C@H](O)[C@H](O)CC)CC(=O)CCCCCN5C(=O)C=CC5=O)C(C)C)c(C)c(F)cc4nc2-3)[C@@]1(O)CC. The van der Waals surface area contributed by atoms with Crippen LogP contribution in [0.1, 0.15) is 133 Å². The van der Waals surface area contributed by atoms with E-state index in [1.54, 1.807) is 45.3 Å². The zero-order valence-corrected chi connectivity index (χ0v) is 47.0. The first-order valence-electron chi connectivity index (χ1n) is 27.9. The maximum atomic E-state index is 15.5. The molecule has 0 fully saturated rings. The van der Waals surface area contributed by atoms with Gasteiger partial charge < -0.3 is 60.8 Å². The Morgan fingerprint density at radius 2 is 1.58 bits per heavy atom. The van der Waals surface area contributed by atoms with Crippen LogP contribution in [-0.4, -0.2) is 144 Å². The van der Waals surface area contributed by atoms with Crippen LogP contribution in [0.2, 0.25) is 0 Å². The van der Waals surface area contributed by atoms with Crippen molar-refractivity contribution in [3.05, 3.63) is 86.7 Å². The second kappa shape index (κ2) is 28.3. The minimum atomic E-state index is -1.77. The van der Waals surface area contributed by atoms with E-state index in [0.29, 0.717) is 72.1 Å². The first-order chi connectivity index (χ1) is 38.4. The number of aliphatic hydroxyl groups is 5. The molecule has 81 heavy (non-hydrogen) atoms. The number of hydrogen-bond donors (Lipinski definition) is 9. The van der Waals surface area contributed by atoms with Gasteiger partial charge in [0.25, 0.3) is 17.4 Å². The molecule has 3 aliphatic heterocycles. The van der Waals surface area contributed by atoms with Crippen molar-refractivity contribution in [3.8, 4) is 11.4 Å². The number of nitrogens with zero attached hydrogens (tertiary/aromatic N) is 3. The Kier molecular flexibility index (Phi) is 22.1. The number of aryl methyl sites for hydroxylation is 1. The van der Waals surface area contributed by atoms with Gasteiger partial charge in [-0.1, -0.05) is 40.7 Å². The molecule has 2 aromatic heterocycles. The van der Waals surface area contributed by atoms with Crippen molar-refractivity contribution >= 4 is 52.1 Å². The summed E-state index contributed by atoms with van der Waals surface area (Å²) in [4.78, 5) is 110. The number of benzene rings is 1. The monoisotopic (exact) mass is 1130 g/mol. The second-order valence-electron chi connectivity index (χ2n) is 21.6. The fourth-order valence-corrected chi connectivity index (χ4v) is 10.3. The average molecular weight is 1130 g/mol. The number of ether oxygens (including phenoxy) is 2. The normalized spacial score (nSPS) is 18.1. The molecule has 9 N–H and O–H groups in total. The van der Waals surface area contributed by atoms with Crippen molar-refractivity contribution in [1.29, 1.82) is 0 Å². The maximum absolute atomic E-state index is 15.5. The molecule has 1 aromatic carbocycles. The summed E-state index contributed by atoms with van der Waals surface area (Å²) in [5.74, 6) is -5.64. The largest absolute Gasteiger partial charge is 0.490 e. The Morgan fingerprint density at radius 3 is 2.26 bits per heavy atom. The summed E-state index contributed by atoms with van der Waals surface area (Å²) in [6.45, 7) is 13.7.